The number of hydrogen-bond donors (Lipinski definition) is 3. The number of amides is 1. The highest BCUT2D eigenvalue weighted by Gasteiger charge is 2.24. The maximum atomic E-state index is 12.0. The van der Waals surface area contributed by atoms with Crippen LogP contribution in [0.25, 0.3) is 11.0 Å². The summed E-state index contributed by atoms with van der Waals surface area (Å²) in [5, 5.41) is 24.3. The zero-order valence-electron chi connectivity index (χ0n) is 12.6. The van der Waals surface area contributed by atoms with Crippen LogP contribution >= 0.6 is 0 Å². The number of rotatable bonds is 6. The molecule has 8 nitrogen and oxygen atoms in total. The van der Waals surface area contributed by atoms with E-state index in [0.717, 1.165) is 11.1 Å². The molecule has 1 unspecified atom stereocenters. The normalized spacial score (nSPS) is 12.1. The maximum Gasteiger partial charge on any atom is 0.326 e. The molecule has 2 aromatic rings. The minimum absolute atomic E-state index is 0.195. The SMILES string of the molecule is Cc1cc(C)c2onc(CC(=O)NC(CC(=O)O)C(=O)O)c2c1. The molecule has 1 atom stereocenters. The summed E-state index contributed by atoms with van der Waals surface area (Å²) >= 11 is 0. The van der Waals surface area contributed by atoms with Crippen LogP contribution in [0.1, 0.15) is 23.2 Å². The van der Waals surface area contributed by atoms with Gasteiger partial charge >= 0.3 is 11.9 Å². The fourth-order valence-corrected chi connectivity index (χ4v) is 2.34. The molecule has 1 heterocycles. The molecule has 0 saturated carbocycles. The van der Waals surface area contributed by atoms with E-state index in [1.54, 1.807) is 0 Å². The van der Waals surface area contributed by atoms with E-state index in [0.29, 0.717) is 16.7 Å². The number of carboxylic acid groups (broad SMARTS) is 2. The van der Waals surface area contributed by atoms with Crippen LogP contribution in [0.5, 0.6) is 0 Å². The Bertz CT molecular complexity index is 780. The number of carbonyl (C=O) groups excluding carboxylic acids is 1. The van der Waals surface area contributed by atoms with Crippen LogP contribution in [0.2, 0.25) is 0 Å². The summed E-state index contributed by atoms with van der Waals surface area (Å²) in [7, 11) is 0. The summed E-state index contributed by atoms with van der Waals surface area (Å²) in [6.07, 6.45) is -0.891. The van der Waals surface area contributed by atoms with Crippen LogP contribution in [-0.2, 0) is 20.8 Å². The van der Waals surface area contributed by atoms with Crippen molar-refractivity contribution in [1.29, 1.82) is 0 Å². The van der Waals surface area contributed by atoms with Crippen molar-refractivity contribution in [2.45, 2.75) is 32.7 Å². The number of nitrogens with zero attached hydrogens (tertiary/aromatic N) is 1. The van der Waals surface area contributed by atoms with Crippen molar-refractivity contribution in [3.8, 4) is 0 Å². The number of carboxylic acids is 2. The number of aliphatic carboxylic acids is 2. The molecular weight excluding hydrogens is 304 g/mol. The largest absolute Gasteiger partial charge is 0.481 e. The maximum absolute atomic E-state index is 12.0. The Morgan fingerprint density at radius 2 is 1.96 bits per heavy atom. The summed E-state index contributed by atoms with van der Waals surface area (Å²) in [6, 6.07) is 2.26. The van der Waals surface area contributed by atoms with E-state index < -0.39 is 30.3 Å². The Balaban J connectivity index is 2.17. The molecule has 0 aliphatic carbocycles. The molecule has 2 rings (SSSR count). The van der Waals surface area contributed by atoms with E-state index in [1.807, 2.05) is 26.0 Å². The van der Waals surface area contributed by atoms with Crippen LogP contribution in [0.4, 0.5) is 0 Å². The molecule has 3 N–H and O–H groups in total. The third-order valence-electron chi connectivity index (χ3n) is 3.32. The number of nitrogens with one attached hydrogen (secondary N) is 1. The Morgan fingerprint density at radius 1 is 1.26 bits per heavy atom. The van der Waals surface area contributed by atoms with Crippen LogP contribution in [0.15, 0.2) is 16.7 Å². The lowest BCUT2D eigenvalue weighted by atomic mass is 10.1. The van der Waals surface area contributed by atoms with Crippen LogP contribution in [-0.4, -0.2) is 39.3 Å². The first kappa shape index (κ1) is 16.5. The number of benzene rings is 1. The van der Waals surface area contributed by atoms with Gasteiger partial charge in [-0.15, -0.1) is 0 Å². The van der Waals surface area contributed by atoms with Gasteiger partial charge in [-0.2, -0.15) is 0 Å². The Kier molecular flexibility index (Phi) is 4.63. The van der Waals surface area contributed by atoms with Crippen molar-refractivity contribution in [2.24, 2.45) is 0 Å². The molecule has 1 aromatic carbocycles. The first-order valence-corrected chi connectivity index (χ1v) is 6.87. The molecule has 0 aliphatic rings. The molecule has 0 radical (unpaired) electrons. The number of hydrogen-bond acceptors (Lipinski definition) is 5. The smallest absolute Gasteiger partial charge is 0.326 e. The minimum Gasteiger partial charge on any atom is -0.481 e. The third-order valence-corrected chi connectivity index (χ3v) is 3.32. The summed E-state index contributed by atoms with van der Waals surface area (Å²) in [4.78, 5) is 33.6. The first-order valence-electron chi connectivity index (χ1n) is 6.87. The predicted octanol–water partition coefficient (Wildman–Crippen LogP) is 1.03. The highest BCUT2D eigenvalue weighted by molar-refractivity contribution is 5.91. The van der Waals surface area contributed by atoms with Gasteiger partial charge in [-0.05, 0) is 31.0 Å². The van der Waals surface area contributed by atoms with Crippen molar-refractivity contribution in [3.05, 3.63) is 29.0 Å². The van der Waals surface area contributed by atoms with E-state index in [9.17, 15) is 14.4 Å². The van der Waals surface area contributed by atoms with Gasteiger partial charge in [-0.25, -0.2) is 4.79 Å². The number of carbonyl (C=O) groups is 3. The van der Waals surface area contributed by atoms with E-state index in [-0.39, 0.29) is 6.42 Å². The number of aromatic nitrogens is 1. The van der Waals surface area contributed by atoms with Gasteiger partial charge in [-0.1, -0.05) is 11.2 Å². The number of fused-ring (bicyclic) bond motifs is 1. The van der Waals surface area contributed by atoms with Gasteiger partial charge in [0.05, 0.1) is 12.8 Å². The lowest BCUT2D eigenvalue weighted by molar-refractivity contribution is -0.147. The second kappa shape index (κ2) is 6.47. The Morgan fingerprint density at radius 3 is 2.57 bits per heavy atom. The summed E-state index contributed by atoms with van der Waals surface area (Å²) in [6.45, 7) is 3.76. The lowest BCUT2D eigenvalue weighted by Gasteiger charge is -2.11. The second-order valence-corrected chi connectivity index (χ2v) is 5.32. The van der Waals surface area contributed by atoms with Crippen molar-refractivity contribution in [1.82, 2.24) is 10.5 Å². The average Bonchev–Trinajstić information content (AvgIpc) is 2.80. The third kappa shape index (κ3) is 3.85. The van der Waals surface area contributed by atoms with Gasteiger partial charge in [0.2, 0.25) is 5.91 Å². The Hall–Kier alpha value is -2.90. The van der Waals surface area contributed by atoms with Crippen molar-refractivity contribution < 1.29 is 29.1 Å². The van der Waals surface area contributed by atoms with Gasteiger partial charge in [-0.3, -0.25) is 9.59 Å². The van der Waals surface area contributed by atoms with Gasteiger partial charge in [0.25, 0.3) is 0 Å². The van der Waals surface area contributed by atoms with Crippen molar-refractivity contribution in [2.75, 3.05) is 0 Å². The molecule has 1 amide bonds. The van der Waals surface area contributed by atoms with Gasteiger partial charge in [0.15, 0.2) is 5.58 Å². The zero-order valence-corrected chi connectivity index (χ0v) is 12.6. The topological polar surface area (TPSA) is 130 Å². The van der Waals surface area contributed by atoms with E-state index in [2.05, 4.69) is 10.5 Å². The summed E-state index contributed by atoms with van der Waals surface area (Å²) < 4.78 is 5.21. The van der Waals surface area contributed by atoms with Crippen LogP contribution in [0.3, 0.4) is 0 Å². The molecule has 122 valence electrons. The lowest BCUT2D eigenvalue weighted by Crippen LogP contribution is -2.42. The fourth-order valence-electron chi connectivity index (χ4n) is 2.34. The standard InChI is InChI=1S/C15H16N2O6/c1-7-3-8(2)14-9(4-7)10(17-23-14)5-12(18)16-11(15(21)22)6-13(19)20/h3-4,11H,5-6H2,1-2H3,(H,16,18)(H,19,20)(H,21,22). The molecular formula is C15H16N2O6. The molecule has 8 heteroatoms. The quantitative estimate of drug-likeness (QED) is 0.724. The fraction of sp³-hybridized carbons (Fsp3) is 0.333. The summed E-state index contributed by atoms with van der Waals surface area (Å²) in [5.41, 5.74) is 2.81. The monoisotopic (exact) mass is 320 g/mol. The zero-order chi connectivity index (χ0) is 17.1. The second-order valence-electron chi connectivity index (χ2n) is 5.32. The van der Waals surface area contributed by atoms with Gasteiger partial charge in [0, 0.05) is 5.39 Å². The molecule has 23 heavy (non-hydrogen) atoms. The van der Waals surface area contributed by atoms with E-state index >= 15 is 0 Å². The first-order chi connectivity index (χ1) is 10.8. The van der Waals surface area contributed by atoms with E-state index in [4.69, 9.17) is 14.7 Å². The van der Waals surface area contributed by atoms with Gasteiger partial charge in [0.1, 0.15) is 11.7 Å². The highest BCUT2D eigenvalue weighted by Crippen LogP contribution is 2.24. The molecule has 1 aromatic heterocycles. The van der Waals surface area contributed by atoms with E-state index in [1.165, 1.54) is 0 Å². The van der Waals surface area contributed by atoms with Crippen molar-refractivity contribution in [3.63, 3.8) is 0 Å². The molecule has 0 aliphatic heterocycles. The van der Waals surface area contributed by atoms with Crippen LogP contribution in [0, 0.1) is 13.8 Å². The minimum atomic E-state index is -1.48. The Labute approximate surface area is 131 Å². The average molecular weight is 320 g/mol. The molecule has 0 fully saturated rings. The predicted molar refractivity (Wildman–Crippen MR) is 79.0 cm³/mol. The molecule has 0 spiro atoms. The molecule has 0 saturated heterocycles. The van der Waals surface area contributed by atoms with Crippen molar-refractivity contribution >= 4 is 28.8 Å². The molecule has 0 bridgehead atoms. The summed E-state index contributed by atoms with van der Waals surface area (Å²) in [5.74, 6) is -3.35. The number of aryl methyl sites for hydroxylation is 2. The van der Waals surface area contributed by atoms with Crippen LogP contribution < -0.4 is 5.32 Å². The van der Waals surface area contributed by atoms with Gasteiger partial charge < -0.3 is 20.1 Å². The highest BCUT2D eigenvalue weighted by atomic mass is 16.5.